The molecule has 10 heteroatoms. The van der Waals surface area contributed by atoms with E-state index in [1.54, 1.807) is 30.0 Å². The molecule has 9 nitrogen and oxygen atoms in total. The highest BCUT2D eigenvalue weighted by Gasteiger charge is 2.18. The topological polar surface area (TPSA) is 97.8 Å². The highest BCUT2D eigenvalue weighted by molar-refractivity contribution is 7.98. The van der Waals surface area contributed by atoms with Crippen molar-refractivity contribution in [1.82, 2.24) is 9.97 Å². The minimum absolute atomic E-state index is 0.189. The molecule has 2 aliphatic rings. The summed E-state index contributed by atoms with van der Waals surface area (Å²) >= 11 is 1.63. The molecule has 2 N–H and O–H groups in total. The van der Waals surface area contributed by atoms with Crippen LogP contribution in [0.25, 0.3) is 11.4 Å². The Morgan fingerprint density at radius 1 is 1.00 bits per heavy atom. The maximum Gasteiger partial charge on any atom is 0.323 e. The highest BCUT2D eigenvalue weighted by atomic mass is 32.2. The van der Waals surface area contributed by atoms with Crippen LogP contribution in [0.2, 0.25) is 0 Å². The smallest absolute Gasteiger partial charge is 0.323 e. The summed E-state index contributed by atoms with van der Waals surface area (Å²) in [6.45, 7) is 3.20. The average molecular weight is 466 g/mol. The first kappa shape index (κ1) is 21.4. The monoisotopic (exact) mass is 465 g/mol. The Hall–Kier alpha value is -3.50. The fourth-order valence-corrected chi connectivity index (χ4v) is 4.13. The second-order valence-corrected chi connectivity index (χ2v) is 8.26. The van der Waals surface area contributed by atoms with Gasteiger partial charge in [0, 0.05) is 42.3 Å². The highest BCUT2D eigenvalue weighted by Crippen LogP contribution is 2.34. The lowest BCUT2D eigenvalue weighted by molar-refractivity contribution is 0.122. The molecule has 2 amide bonds. The summed E-state index contributed by atoms with van der Waals surface area (Å²) < 4.78 is 16.1. The summed E-state index contributed by atoms with van der Waals surface area (Å²) in [4.78, 5) is 25.0. The maximum atomic E-state index is 12.4. The van der Waals surface area contributed by atoms with Crippen molar-refractivity contribution in [3.8, 4) is 22.9 Å². The van der Waals surface area contributed by atoms with E-state index in [1.807, 2.05) is 36.7 Å². The van der Waals surface area contributed by atoms with Crippen LogP contribution in [0.3, 0.4) is 0 Å². The normalized spacial score (nSPS) is 14.8. The molecule has 0 unspecified atom stereocenters. The Balaban J connectivity index is 1.27. The first-order chi connectivity index (χ1) is 16.2. The minimum Gasteiger partial charge on any atom is -0.454 e. The van der Waals surface area contributed by atoms with Crippen molar-refractivity contribution in [3.05, 3.63) is 48.7 Å². The number of thioether (sulfide) groups is 1. The quantitative estimate of drug-likeness (QED) is 0.544. The van der Waals surface area contributed by atoms with Gasteiger partial charge < -0.3 is 29.7 Å². The van der Waals surface area contributed by atoms with Crippen LogP contribution in [0.5, 0.6) is 11.5 Å². The van der Waals surface area contributed by atoms with Gasteiger partial charge in [-0.05, 0) is 42.7 Å². The van der Waals surface area contributed by atoms with Gasteiger partial charge in [0.25, 0.3) is 0 Å². The lowest BCUT2D eigenvalue weighted by Gasteiger charge is -2.29. The Bertz CT molecular complexity index is 1150. The number of morpholine rings is 1. The number of nitrogens with one attached hydrogen (secondary N) is 2. The molecular formula is C23H23N5O4S. The van der Waals surface area contributed by atoms with Crippen LogP contribution >= 0.6 is 11.8 Å². The van der Waals surface area contributed by atoms with E-state index in [0.29, 0.717) is 41.9 Å². The second kappa shape index (κ2) is 9.55. The van der Waals surface area contributed by atoms with Gasteiger partial charge in [0.05, 0.1) is 18.1 Å². The van der Waals surface area contributed by atoms with E-state index in [4.69, 9.17) is 19.2 Å². The third kappa shape index (κ3) is 4.81. The summed E-state index contributed by atoms with van der Waals surface area (Å²) in [5.74, 6) is 2.86. The van der Waals surface area contributed by atoms with Gasteiger partial charge in [-0.25, -0.2) is 14.8 Å². The van der Waals surface area contributed by atoms with Crippen molar-refractivity contribution in [3.63, 3.8) is 0 Å². The third-order valence-electron chi connectivity index (χ3n) is 5.30. The van der Waals surface area contributed by atoms with Crippen molar-refractivity contribution in [2.24, 2.45) is 0 Å². The number of rotatable bonds is 5. The molecule has 1 aromatic heterocycles. The molecule has 2 aliphatic heterocycles. The summed E-state index contributed by atoms with van der Waals surface area (Å²) in [6, 6.07) is 12.4. The molecule has 2 aromatic carbocycles. The number of nitrogens with zero attached hydrogens (tertiary/aromatic N) is 3. The van der Waals surface area contributed by atoms with Gasteiger partial charge in [-0.3, -0.25) is 0 Å². The van der Waals surface area contributed by atoms with Crippen LogP contribution in [0.4, 0.5) is 22.0 Å². The first-order valence-electron chi connectivity index (χ1n) is 10.5. The molecule has 33 heavy (non-hydrogen) atoms. The van der Waals surface area contributed by atoms with Crippen molar-refractivity contribution < 1.29 is 19.0 Å². The lowest BCUT2D eigenvalue weighted by Crippen LogP contribution is -2.37. The van der Waals surface area contributed by atoms with E-state index in [1.165, 1.54) is 0 Å². The Morgan fingerprint density at radius 2 is 1.73 bits per heavy atom. The van der Waals surface area contributed by atoms with Gasteiger partial charge >= 0.3 is 6.03 Å². The molecule has 0 aliphatic carbocycles. The maximum absolute atomic E-state index is 12.4. The molecule has 5 rings (SSSR count). The zero-order chi connectivity index (χ0) is 22.6. The lowest BCUT2D eigenvalue weighted by atomic mass is 10.2. The molecule has 170 valence electrons. The van der Waals surface area contributed by atoms with Crippen LogP contribution in [-0.2, 0) is 4.74 Å². The fraction of sp³-hybridized carbons (Fsp3) is 0.261. The van der Waals surface area contributed by atoms with Gasteiger partial charge in [-0.15, -0.1) is 11.8 Å². The molecule has 0 radical (unpaired) electrons. The van der Waals surface area contributed by atoms with E-state index in [9.17, 15) is 4.79 Å². The standard InChI is InChI=1S/C23H23N5O4S/c1-33-20-13-24-21(27-22(20)28-8-10-30-11-9-28)15-2-4-16(5-3-15)25-23(29)26-17-6-7-18-19(12-17)32-14-31-18/h2-7,12-13H,8-11,14H2,1H3,(H2,25,26,29). The van der Waals surface area contributed by atoms with E-state index < -0.39 is 0 Å². The molecule has 1 saturated heterocycles. The molecule has 0 bridgehead atoms. The van der Waals surface area contributed by atoms with Crippen LogP contribution in [0, 0.1) is 0 Å². The van der Waals surface area contributed by atoms with Crippen molar-refractivity contribution >= 4 is 35.0 Å². The second-order valence-electron chi connectivity index (χ2n) is 7.41. The average Bonchev–Trinajstić information content (AvgIpc) is 3.32. The van der Waals surface area contributed by atoms with Crippen molar-refractivity contribution in [2.45, 2.75) is 4.90 Å². The third-order valence-corrected chi connectivity index (χ3v) is 6.03. The number of anilines is 3. The van der Waals surface area contributed by atoms with Crippen LogP contribution in [0.1, 0.15) is 0 Å². The molecule has 3 heterocycles. The van der Waals surface area contributed by atoms with Crippen LogP contribution < -0.4 is 25.0 Å². The van der Waals surface area contributed by atoms with Gasteiger partial charge in [0.2, 0.25) is 6.79 Å². The number of carbonyl (C=O) groups excluding carboxylic acids is 1. The Labute approximate surface area is 195 Å². The number of ether oxygens (including phenoxy) is 3. The van der Waals surface area contributed by atoms with Gasteiger partial charge in [-0.2, -0.15) is 0 Å². The molecule has 1 fully saturated rings. The van der Waals surface area contributed by atoms with E-state index in [0.717, 1.165) is 29.4 Å². The zero-order valence-electron chi connectivity index (χ0n) is 18.0. The number of fused-ring (bicyclic) bond motifs is 1. The molecule has 0 atom stereocenters. The number of hydrogen-bond acceptors (Lipinski definition) is 8. The van der Waals surface area contributed by atoms with Crippen molar-refractivity contribution in [1.29, 1.82) is 0 Å². The van der Waals surface area contributed by atoms with E-state index in [2.05, 4.69) is 20.5 Å². The van der Waals surface area contributed by atoms with E-state index in [-0.39, 0.29) is 12.8 Å². The Kier molecular flexibility index (Phi) is 6.18. The molecule has 3 aromatic rings. The largest absolute Gasteiger partial charge is 0.454 e. The van der Waals surface area contributed by atoms with Crippen LogP contribution in [-0.4, -0.2) is 55.4 Å². The number of aromatic nitrogens is 2. The summed E-state index contributed by atoms with van der Waals surface area (Å²) in [6.07, 6.45) is 3.89. The van der Waals surface area contributed by atoms with E-state index >= 15 is 0 Å². The number of carbonyl (C=O) groups is 1. The molecule has 0 saturated carbocycles. The molecule has 0 spiro atoms. The Morgan fingerprint density at radius 3 is 2.52 bits per heavy atom. The predicted molar refractivity (Wildman–Crippen MR) is 127 cm³/mol. The first-order valence-corrected chi connectivity index (χ1v) is 11.7. The summed E-state index contributed by atoms with van der Waals surface area (Å²) in [7, 11) is 0. The molecular weight excluding hydrogens is 442 g/mol. The zero-order valence-corrected chi connectivity index (χ0v) is 18.9. The summed E-state index contributed by atoms with van der Waals surface area (Å²) in [5.41, 5.74) is 2.15. The predicted octanol–water partition coefficient (Wildman–Crippen LogP) is 4.07. The fourth-order valence-electron chi connectivity index (χ4n) is 3.62. The minimum atomic E-state index is -0.350. The summed E-state index contributed by atoms with van der Waals surface area (Å²) in [5, 5.41) is 5.62. The van der Waals surface area contributed by atoms with Gasteiger partial charge in [-0.1, -0.05) is 0 Å². The number of benzene rings is 2. The SMILES string of the molecule is CSc1cnc(-c2ccc(NC(=O)Nc3ccc4c(c3)OCO4)cc2)nc1N1CCOCC1. The van der Waals surface area contributed by atoms with Crippen LogP contribution in [0.15, 0.2) is 53.6 Å². The number of urea groups is 1. The van der Waals surface area contributed by atoms with Gasteiger partial charge in [0.15, 0.2) is 17.3 Å². The number of amides is 2. The van der Waals surface area contributed by atoms with Gasteiger partial charge in [0.1, 0.15) is 5.82 Å². The number of hydrogen-bond donors (Lipinski definition) is 2. The van der Waals surface area contributed by atoms with Crippen molar-refractivity contribution in [2.75, 3.05) is 54.9 Å².